The van der Waals surface area contributed by atoms with E-state index in [-0.39, 0.29) is 23.3 Å². The molecule has 7 N–H and O–H groups in total. The molecule has 0 saturated heterocycles. The molecule has 0 unspecified atom stereocenters. The highest BCUT2D eigenvalue weighted by molar-refractivity contribution is 7.20. The largest absolute Gasteiger partial charge is 0.493 e. The van der Waals surface area contributed by atoms with Crippen molar-refractivity contribution in [1.29, 1.82) is 0 Å². The van der Waals surface area contributed by atoms with Gasteiger partial charge in [-0.15, -0.1) is 11.3 Å². The third kappa shape index (κ3) is 6.12. The number of amides is 3. The van der Waals surface area contributed by atoms with E-state index in [1.807, 2.05) is 0 Å². The van der Waals surface area contributed by atoms with Crippen LogP contribution in [-0.2, 0) is 9.53 Å². The van der Waals surface area contributed by atoms with Crippen LogP contribution in [0, 0.1) is 0 Å². The Hall–Kier alpha value is -2.82. The number of ether oxygens (including phenoxy) is 2. The van der Waals surface area contributed by atoms with E-state index in [0.29, 0.717) is 27.6 Å². The number of nitrogens with one attached hydrogen (secondary N) is 1. The van der Waals surface area contributed by atoms with Crippen molar-refractivity contribution < 1.29 is 23.9 Å². The molecule has 1 aromatic heterocycles. The molecule has 1 aromatic carbocycles. The normalized spacial score (nSPS) is 14.7. The fraction of sp³-hybridized carbons (Fsp3) is 0.381. The fourth-order valence-corrected chi connectivity index (χ4v) is 4.81. The number of hydrogen-bond acceptors (Lipinski definition) is 7. The van der Waals surface area contributed by atoms with Crippen LogP contribution in [0.25, 0.3) is 10.4 Å². The van der Waals surface area contributed by atoms with E-state index < -0.39 is 23.9 Å². The summed E-state index contributed by atoms with van der Waals surface area (Å²) in [5.74, 6) is -0.607. The zero-order chi connectivity index (χ0) is 23.3. The number of nitrogens with two attached hydrogens (primary N) is 3. The lowest BCUT2D eigenvalue weighted by Crippen LogP contribution is -2.35. The molecule has 0 bridgehead atoms. The highest BCUT2D eigenvalue weighted by Crippen LogP contribution is 2.39. The third-order valence-corrected chi connectivity index (χ3v) is 6.42. The molecular formula is C21H25ClN4O5S. The third-order valence-electron chi connectivity index (χ3n) is 5.03. The Bertz CT molecular complexity index is 1010. The Morgan fingerprint density at radius 3 is 2.53 bits per heavy atom. The molecule has 1 fully saturated rings. The van der Waals surface area contributed by atoms with Crippen LogP contribution in [0.5, 0.6) is 5.75 Å². The molecule has 0 radical (unpaired) electrons. The van der Waals surface area contributed by atoms with Gasteiger partial charge in [-0.05, 0) is 49.9 Å². The zero-order valence-electron chi connectivity index (χ0n) is 17.3. The van der Waals surface area contributed by atoms with Crippen LogP contribution < -0.4 is 27.3 Å². The Morgan fingerprint density at radius 2 is 1.91 bits per heavy atom. The second-order valence-corrected chi connectivity index (χ2v) is 8.89. The number of benzene rings is 1. The lowest BCUT2D eigenvalue weighted by molar-refractivity contribution is -0.150. The molecular weight excluding hydrogens is 456 g/mol. The molecule has 11 heteroatoms. The number of rotatable bonds is 9. The van der Waals surface area contributed by atoms with E-state index in [0.717, 1.165) is 37.0 Å². The molecule has 9 nitrogen and oxygen atoms in total. The lowest BCUT2D eigenvalue weighted by Gasteiger charge is -2.16. The van der Waals surface area contributed by atoms with Gasteiger partial charge in [-0.1, -0.05) is 11.6 Å². The SMILES string of the molecule is NC(=O)Nc1sc(-c2ccc(OCC[C@H](N)C(=O)OC3CCCC3)cc2Cl)cc1C(N)=O. The first-order valence-electron chi connectivity index (χ1n) is 10.1. The van der Waals surface area contributed by atoms with Gasteiger partial charge in [0.2, 0.25) is 0 Å². The Morgan fingerprint density at radius 1 is 1.19 bits per heavy atom. The Balaban J connectivity index is 1.60. The number of anilines is 1. The van der Waals surface area contributed by atoms with Crippen LogP contribution >= 0.6 is 22.9 Å². The second kappa shape index (κ2) is 10.7. The Labute approximate surface area is 194 Å². The second-order valence-electron chi connectivity index (χ2n) is 7.44. The molecule has 32 heavy (non-hydrogen) atoms. The van der Waals surface area contributed by atoms with Crippen molar-refractivity contribution in [3.8, 4) is 16.2 Å². The van der Waals surface area contributed by atoms with Gasteiger partial charge in [0.1, 0.15) is 22.9 Å². The summed E-state index contributed by atoms with van der Waals surface area (Å²) in [4.78, 5) is 35.5. The molecule has 0 aliphatic heterocycles. The molecule has 3 amide bonds. The number of thiophene rings is 1. The topological polar surface area (TPSA) is 160 Å². The highest BCUT2D eigenvalue weighted by Gasteiger charge is 2.23. The van der Waals surface area contributed by atoms with E-state index >= 15 is 0 Å². The molecule has 1 aliphatic rings. The van der Waals surface area contributed by atoms with E-state index in [9.17, 15) is 14.4 Å². The van der Waals surface area contributed by atoms with Crippen LogP contribution in [0.4, 0.5) is 9.80 Å². The average molecular weight is 481 g/mol. The fourth-order valence-electron chi connectivity index (χ4n) is 3.38. The average Bonchev–Trinajstić information content (AvgIpc) is 3.37. The van der Waals surface area contributed by atoms with Gasteiger partial charge in [0.25, 0.3) is 5.91 Å². The first-order chi connectivity index (χ1) is 15.2. The van der Waals surface area contributed by atoms with Crippen molar-refractivity contribution in [3.63, 3.8) is 0 Å². The van der Waals surface area contributed by atoms with Gasteiger partial charge in [-0.2, -0.15) is 0 Å². The first kappa shape index (κ1) is 23.8. The number of urea groups is 1. The monoisotopic (exact) mass is 480 g/mol. The van der Waals surface area contributed by atoms with Crippen LogP contribution in [0.1, 0.15) is 42.5 Å². The molecule has 2 aromatic rings. The number of hydrogen-bond donors (Lipinski definition) is 4. The van der Waals surface area contributed by atoms with Gasteiger partial charge in [-0.25, -0.2) is 4.79 Å². The van der Waals surface area contributed by atoms with Gasteiger partial charge in [-0.3, -0.25) is 14.9 Å². The summed E-state index contributed by atoms with van der Waals surface area (Å²) < 4.78 is 11.1. The number of esters is 1. The molecule has 172 valence electrons. The number of primary amides is 2. The van der Waals surface area contributed by atoms with Crippen molar-refractivity contribution in [1.82, 2.24) is 0 Å². The summed E-state index contributed by atoms with van der Waals surface area (Å²) >= 11 is 7.52. The van der Waals surface area contributed by atoms with Crippen molar-refractivity contribution in [2.24, 2.45) is 17.2 Å². The van der Waals surface area contributed by atoms with Crippen molar-refractivity contribution in [2.45, 2.75) is 44.2 Å². The van der Waals surface area contributed by atoms with E-state index in [4.69, 9.17) is 38.3 Å². The zero-order valence-corrected chi connectivity index (χ0v) is 18.8. The maximum atomic E-state index is 12.1. The summed E-state index contributed by atoms with van der Waals surface area (Å²) in [6, 6.07) is 5.02. The maximum absolute atomic E-state index is 12.1. The standard InChI is InChI=1S/C21H25ClN4O5S/c22-15-9-12(30-8-7-16(23)20(28)31-11-3-1-2-4-11)5-6-13(15)17-10-14(18(24)27)19(32-17)26-21(25)29/h5-6,9-11,16H,1-4,7-8,23H2,(H2,24,27)(H3,25,26,29)/t16-/m0/s1. The number of carbonyl (C=O) groups excluding carboxylic acids is 3. The smallest absolute Gasteiger partial charge is 0.323 e. The van der Waals surface area contributed by atoms with Gasteiger partial charge in [0.05, 0.1) is 17.2 Å². The minimum Gasteiger partial charge on any atom is -0.493 e. The predicted molar refractivity (Wildman–Crippen MR) is 123 cm³/mol. The van der Waals surface area contributed by atoms with E-state index in [1.54, 1.807) is 18.2 Å². The predicted octanol–water partition coefficient (Wildman–Crippen LogP) is 3.24. The molecule has 1 aliphatic carbocycles. The van der Waals surface area contributed by atoms with Crippen LogP contribution in [0.2, 0.25) is 5.02 Å². The highest BCUT2D eigenvalue weighted by atomic mass is 35.5. The summed E-state index contributed by atoms with van der Waals surface area (Å²) in [6.45, 7) is 0.216. The van der Waals surface area contributed by atoms with Gasteiger partial charge >= 0.3 is 12.0 Å². The van der Waals surface area contributed by atoms with E-state index in [2.05, 4.69) is 5.32 Å². The van der Waals surface area contributed by atoms with Crippen LogP contribution in [0.15, 0.2) is 24.3 Å². The molecule has 1 saturated carbocycles. The first-order valence-corrected chi connectivity index (χ1v) is 11.3. The molecule has 0 spiro atoms. The summed E-state index contributed by atoms with van der Waals surface area (Å²) in [6.07, 6.45) is 4.22. The number of halogens is 1. The van der Waals surface area contributed by atoms with Crippen LogP contribution in [-0.4, -0.2) is 36.7 Å². The van der Waals surface area contributed by atoms with Crippen LogP contribution in [0.3, 0.4) is 0 Å². The summed E-state index contributed by atoms with van der Waals surface area (Å²) in [5, 5.41) is 3.00. The molecule has 1 atom stereocenters. The van der Waals surface area contributed by atoms with Crippen molar-refractivity contribution >= 4 is 45.8 Å². The van der Waals surface area contributed by atoms with Gasteiger partial charge in [0, 0.05) is 16.9 Å². The minimum atomic E-state index is -0.805. The minimum absolute atomic E-state index is 0.0214. The number of carbonyl (C=O) groups is 3. The van der Waals surface area contributed by atoms with E-state index in [1.165, 1.54) is 6.07 Å². The molecule has 1 heterocycles. The Kier molecular flexibility index (Phi) is 7.94. The quantitative estimate of drug-likeness (QED) is 0.403. The van der Waals surface area contributed by atoms with Crippen molar-refractivity contribution in [2.75, 3.05) is 11.9 Å². The molecule has 3 rings (SSSR count). The summed E-state index contributed by atoms with van der Waals surface area (Å²) in [7, 11) is 0. The van der Waals surface area contributed by atoms with Gasteiger partial charge < -0.3 is 26.7 Å². The van der Waals surface area contributed by atoms with Crippen molar-refractivity contribution in [3.05, 3.63) is 34.9 Å². The lowest BCUT2D eigenvalue weighted by atomic mass is 10.1. The van der Waals surface area contributed by atoms with Gasteiger partial charge in [0.15, 0.2) is 0 Å². The summed E-state index contributed by atoms with van der Waals surface area (Å²) in [5.41, 5.74) is 17.2. The maximum Gasteiger partial charge on any atom is 0.323 e.